The van der Waals surface area contributed by atoms with E-state index >= 15 is 0 Å². The maximum Gasteiger partial charge on any atom is 0.263 e. The second kappa shape index (κ2) is 11.2. The normalized spacial score (nSPS) is 12.1. The Morgan fingerprint density at radius 3 is 2.23 bits per heavy atom. The number of likely N-dealkylation sites (N-methyl/N-ethyl adjacent to an activating group) is 1. The second-order valence-electron chi connectivity index (χ2n) is 7.90. The SMILES string of the molecule is CCOc1ccc(-c2noc(CN(C)C(=O)[C@@H](CC)Oc3ccc(N(C)S(C)(=O)=O)cc3)n2)cc1. The highest BCUT2D eigenvalue weighted by atomic mass is 32.2. The third-order valence-corrected chi connectivity index (χ3v) is 6.47. The molecule has 3 aromatic rings. The van der Waals surface area contributed by atoms with Crippen molar-refractivity contribution in [3.05, 3.63) is 54.4 Å². The number of amides is 1. The summed E-state index contributed by atoms with van der Waals surface area (Å²) in [5.74, 6) is 1.69. The number of sulfonamides is 1. The van der Waals surface area contributed by atoms with Crippen molar-refractivity contribution in [3.63, 3.8) is 0 Å². The summed E-state index contributed by atoms with van der Waals surface area (Å²) in [6.07, 6.45) is 0.839. The fourth-order valence-electron chi connectivity index (χ4n) is 3.23. The van der Waals surface area contributed by atoms with Crippen LogP contribution in [0.5, 0.6) is 11.5 Å². The van der Waals surface area contributed by atoms with Crippen LogP contribution in [-0.2, 0) is 21.4 Å². The van der Waals surface area contributed by atoms with Crippen LogP contribution in [0.15, 0.2) is 53.1 Å². The highest BCUT2D eigenvalue weighted by Crippen LogP contribution is 2.23. The van der Waals surface area contributed by atoms with Gasteiger partial charge in [0.05, 0.1) is 25.1 Å². The number of benzene rings is 2. The minimum Gasteiger partial charge on any atom is -0.494 e. The first kappa shape index (κ1) is 26.0. The maximum absolute atomic E-state index is 13.0. The number of anilines is 1. The van der Waals surface area contributed by atoms with Gasteiger partial charge in [0.15, 0.2) is 6.10 Å². The molecule has 0 spiro atoms. The van der Waals surface area contributed by atoms with E-state index < -0.39 is 16.1 Å². The first-order valence-corrected chi connectivity index (χ1v) is 13.0. The van der Waals surface area contributed by atoms with Crippen molar-refractivity contribution in [2.75, 3.05) is 31.3 Å². The zero-order valence-corrected chi connectivity index (χ0v) is 21.3. The zero-order valence-electron chi connectivity index (χ0n) is 20.5. The molecular formula is C24H30N4O6S. The van der Waals surface area contributed by atoms with Gasteiger partial charge in [-0.25, -0.2) is 8.42 Å². The Balaban J connectivity index is 1.62. The Morgan fingerprint density at radius 2 is 1.66 bits per heavy atom. The predicted octanol–water partition coefficient (Wildman–Crippen LogP) is 3.35. The monoisotopic (exact) mass is 502 g/mol. The number of hydrogen-bond acceptors (Lipinski definition) is 8. The molecule has 11 heteroatoms. The van der Waals surface area contributed by atoms with Crippen molar-refractivity contribution in [1.29, 1.82) is 0 Å². The Bertz CT molecular complexity index is 1230. The van der Waals surface area contributed by atoms with Crippen LogP contribution in [-0.4, -0.2) is 62.4 Å². The fourth-order valence-corrected chi connectivity index (χ4v) is 3.73. The molecule has 1 amide bonds. The Labute approximate surface area is 205 Å². The van der Waals surface area contributed by atoms with Crippen LogP contribution < -0.4 is 13.8 Å². The van der Waals surface area contributed by atoms with Crippen LogP contribution in [0.2, 0.25) is 0 Å². The second-order valence-corrected chi connectivity index (χ2v) is 9.92. The van der Waals surface area contributed by atoms with Crippen LogP contribution in [0.1, 0.15) is 26.2 Å². The van der Waals surface area contributed by atoms with Crippen LogP contribution in [0.25, 0.3) is 11.4 Å². The maximum atomic E-state index is 13.0. The first-order chi connectivity index (χ1) is 16.6. The minimum absolute atomic E-state index is 0.126. The molecule has 0 aliphatic carbocycles. The zero-order chi connectivity index (χ0) is 25.6. The lowest BCUT2D eigenvalue weighted by atomic mass is 10.2. The Hall–Kier alpha value is -3.60. The molecule has 0 bridgehead atoms. The topological polar surface area (TPSA) is 115 Å². The molecule has 0 unspecified atom stereocenters. The molecule has 0 N–H and O–H groups in total. The van der Waals surface area contributed by atoms with Crippen molar-refractivity contribution in [1.82, 2.24) is 15.0 Å². The van der Waals surface area contributed by atoms with Gasteiger partial charge in [0.1, 0.15) is 11.5 Å². The van der Waals surface area contributed by atoms with E-state index in [1.54, 1.807) is 31.3 Å². The smallest absolute Gasteiger partial charge is 0.263 e. The summed E-state index contributed by atoms with van der Waals surface area (Å²) < 4.78 is 41.2. The van der Waals surface area contributed by atoms with Crippen molar-refractivity contribution in [2.45, 2.75) is 32.9 Å². The highest BCUT2D eigenvalue weighted by molar-refractivity contribution is 7.92. The molecule has 0 fully saturated rings. The Morgan fingerprint density at radius 1 is 1.03 bits per heavy atom. The van der Waals surface area contributed by atoms with E-state index in [-0.39, 0.29) is 12.5 Å². The number of carbonyl (C=O) groups excluding carboxylic acids is 1. The molecule has 35 heavy (non-hydrogen) atoms. The van der Waals surface area contributed by atoms with E-state index in [2.05, 4.69) is 10.1 Å². The van der Waals surface area contributed by atoms with E-state index in [9.17, 15) is 13.2 Å². The van der Waals surface area contributed by atoms with E-state index in [0.29, 0.717) is 36.2 Å². The number of rotatable bonds is 11. The van der Waals surface area contributed by atoms with Gasteiger partial charge in [0.25, 0.3) is 5.91 Å². The van der Waals surface area contributed by atoms with Gasteiger partial charge in [-0.15, -0.1) is 0 Å². The summed E-state index contributed by atoms with van der Waals surface area (Å²) in [5, 5.41) is 4.00. The Kier molecular flexibility index (Phi) is 8.34. The van der Waals surface area contributed by atoms with Gasteiger partial charge >= 0.3 is 0 Å². The summed E-state index contributed by atoms with van der Waals surface area (Å²) in [5.41, 5.74) is 1.27. The molecule has 2 aromatic carbocycles. The van der Waals surface area contributed by atoms with E-state index in [1.807, 2.05) is 38.1 Å². The van der Waals surface area contributed by atoms with Gasteiger partial charge in [0.2, 0.25) is 21.7 Å². The summed E-state index contributed by atoms with van der Waals surface area (Å²) in [4.78, 5) is 18.8. The van der Waals surface area contributed by atoms with Crippen molar-refractivity contribution in [2.24, 2.45) is 0 Å². The van der Waals surface area contributed by atoms with Crippen LogP contribution >= 0.6 is 0 Å². The molecular weight excluding hydrogens is 472 g/mol. The molecule has 0 saturated carbocycles. The number of aromatic nitrogens is 2. The van der Waals surface area contributed by atoms with Crippen molar-refractivity contribution in [3.8, 4) is 22.9 Å². The van der Waals surface area contributed by atoms with Gasteiger partial charge in [-0.2, -0.15) is 4.98 Å². The number of carbonyl (C=O) groups is 1. The van der Waals surface area contributed by atoms with Crippen LogP contribution in [0.4, 0.5) is 5.69 Å². The lowest BCUT2D eigenvalue weighted by molar-refractivity contribution is -0.138. The molecule has 10 nitrogen and oxygen atoms in total. The van der Waals surface area contributed by atoms with Gasteiger partial charge in [-0.1, -0.05) is 12.1 Å². The van der Waals surface area contributed by atoms with Gasteiger partial charge in [-0.3, -0.25) is 9.10 Å². The quantitative estimate of drug-likeness (QED) is 0.392. The average Bonchev–Trinajstić information content (AvgIpc) is 3.30. The third-order valence-electron chi connectivity index (χ3n) is 5.26. The molecule has 188 valence electrons. The van der Waals surface area contributed by atoms with Crippen LogP contribution in [0.3, 0.4) is 0 Å². The number of nitrogens with zero attached hydrogens (tertiary/aromatic N) is 4. The molecule has 0 radical (unpaired) electrons. The van der Waals surface area contributed by atoms with Crippen molar-refractivity contribution >= 4 is 21.6 Å². The predicted molar refractivity (Wildman–Crippen MR) is 132 cm³/mol. The fraction of sp³-hybridized carbons (Fsp3) is 0.375. The summed E-state index contributed by atoms with van der Waals surface area (Å²) >= 11 is 0. The first-order valence-electron chi connectivity index (χ1n) is 11.1. The van der Waals surface area contributed by atoms with Gasteiger partial charge in [-0.05, 0) is 61.9 Å². The summed E-state index contributed by atoms with van der Waals surface area (Å²) in [7, 11) is -0.257. The summed E-state index contributed by atoms with van der Waals surface area (Å²) in [6.45, 7) is 4.47. The van der Waals surface area contributed by atoms with Gasteiger partial charge < -0.3 is 18.9 Å². The van der Waals surface area contributed by atoms with Crippen molar-refractivity contribution < 1.29 is 27.2 Å². The van der Waals surface area contributed by atoms with E-state index in [4.69, 9.17) is 14.0 Å². The minimum atomic E-state index is -3.37. The van der Waals surface area contributed by atoms with E-state index in [0.717, 1.165) is 17.6 Å². The standard InChI is InChI=1S/C24H30N4O6S/c1-6-21(33-20-14-10-18(11-15-20)28(4)35(5,30)31)24(29)27(3)16-22-25-23(26-34-22)17-8-12-19(13-9-17)32-7-2/h8-15,21H,6-7,16H2,1-5H3/t21-/m1/s1. The molecule has 1 aromatic heterocycles. The molecule has 0 saturated heterocycles. The molecule has 1 heterocycles. The summed E-state index contributed by atoms with van der Waals surface area (Å²) in [6, 6.07) is 13.9. The highest BCUT2D eigenvalue weighted by Gasteiger charge is 2.24. The number of hydrogen-bond donors (Lipinski definition) is 0. The molecule has 0 aliphatic rings. The molecule has 1 atom stereocenters. The lowest BCUT2D eigenvalue weighted by Gasteiger charge is -2.23. The van der Waals surface area contributed by atoms with Crippen LogP contribution in [0, 0.1) is 0 Å². The average molecular weight is 503 g/mol. The lowest BCUT2D eigenvalue weighted by Crippen LogP contribution is -2.39. The van der Waals surface area contributed by atoms with Gasteiger partial charge in [0, 0.05) is 19.7 Å². The number of ether oxygens (including phenoxy) is 2. The molecule has 3 rings (SSSR count). The van der Waals surface area contributed by atoms with E-state index in [1.165, 1.54) is 16.3 Å². The molecule has 0 aliphatic heterocycles. The third kappa shape index (κ3) is 6.72. The largest absolute Gasteiger partial charge is 0.494 e.